The van der Waals surface area contributed by atoms with Gasteiger partial charge >= 0.3 is 17.9 Å². The number of allylic oxidation sites excluding steroid dienone is 14. The maximum absolute atomic E-state index is 12.8. The summed E-state index contributed by atoms with van der Waals surface area (Å²) in [6, 6.07) is 0. The number of hydrogen-bond donors (Lipinski definition) is 0. The van der Waals surface area contributed by atoms with Crippen LogP contribution in [0.5, 0.6) is 0 Å². The van der Waals surface area contributed by atoms with Crippen LogP contribution < -0.4 is 0 Å². The van der Waals surface area contributed by atoms with Crippen LogP contribution in [-0.4, -0.2) is 37.2 Å². The summed E-state index contributed by atoms with van der Waals surface area (Å²) in [5.41, 5.74) is 0. The molecule has 0 N–H and O–H groups in total. The lowest BCUT2D eigenvalue weighted by Crippen LogP contribution is -2.30. The molecular formula is C56H94O6. The molecule has 0 aliphatic heterocycles. The average Bonchev–Trinajstić information content (AvgIpc) is 3.27. The first kappa shape index (κ1) is 58.6. The van der Waals surface area contributed by atoms with Crippen molar-refractivity contribution in [1.29, 1.82) is 0 Å². The fraction of sp³-hybridized carbons (Fsp3) is 0.696. The van der Waals surface area contributed by atoms with Crippen molar-refractivity contribution in [3.63, 3.8) is 0 Å². The van der Waals surface area contributed by atoms with E-state index in [1.165, 1.54) is 70.6 Å². The van der Waals surface area contributed by atoms with Crippen molar-refractivity contribution in [2.45, 2.75) is 239 Å². The lowest BCUT2D eigenvalue weighted by atomic mass is 10.0. The van der Waals surface area contributed by atoms with Crippen LogP contribution in [0.15, 0.2) is 85.1 Å². The third-order valence-electron chi connectivity index (χ3n) is 10.6. The zero-order chi connectivity index (χ0) is 45.1. The minimum absolute atomic E-state index is 0.0957. The number of esters is 3. The van der Waals surface area contributed by atoms with Gasteiger partial charge in [-0.3, -0.25) is 14.4 Å². The fourth-order valence-corrected chi connectivity index (χ4v) is 6.86. The van der Waals surface area contributed by atoms with E-state index in [0.29, 0.717) is 19.3 Å². The molecule has 0 fully saturated rings. The molecule has 1 atom stereocenters. The highest BCUT2D eigenvalue weighted by molar-refractivity contribution is 5.71. The second-order valence-corrected chi connectivity index (χ2v) is 16.7. The smallest absolute Gasteiger partial charge is 0.306 e. The quantitative estimate of drug-likeness (QED) is 0.0263. The molecule has 0 aliphatic carbocycles. The summed E-state index contributed by atoms with van der Waals surface area (Å²) >= 11 is 0. The van der Waals surface area contributed by atoms with E-state index in [0.717, 1.165) is 122 Å². The Morgan fingerprint density at radius 2 is 0.629 bits per heavy atom. The summed E-state index contributed by atoms with van der Waals surface area (Å²) in [6.45, 7) is 6.36. The van der Waals surface area contributed by atoms with Crippen molar-refractivity contribution < 1.29 is 28.6 Å². The highest BCUT2D eigenvalue weighted by Crippen LogP contribution is 2.15. The number of carbonyl (C=O) groups excluding carboxylic acids is 3. The van der Waals surface area contributed by atoms with Gasteiger partial charge in [0.1, 0.15) is 13.2 Å². The number of rotatable bonds is 45. The molecule has 0 bridgehead atoms. The first-order valence-electron chi connectivity index (χ1n) is 25.6. The Labute approximate surface area is 382 Å². The molecule has 0 aliphatic rings. The van der Waals surface area contributed by atoms with Gasteiger partial charge in [0.05, 0.1) is 0 Å². The summed E-state index contributed by atoms with van der Waals surface area (Å²) < 4.78 is 16.7. The van der Waals surface area contributed by atoms with Crippen LogP contribution in [-0.2, 0) is 28.6 Å². The van der Waals surface area contributed by atoms with E-state index in [4.69, 9.17) is 14.2 Å². The van der Waals surface area contributed by atoms with Crippen molar-refractivity contribution in [3.05, 3.63) is 85.1 Å². The molecule has 0 spiro atoms. The van der Waals surface area contributed by atoms with Gasteiger partial charge in [-0.15, -0.1) is 0 Å². The summed E-state index contributed by atoms with van der Waals surface area (Å²) in [4.78, 5) is 38.0. The molecular weight excluding hydrogens is 769 g/mol. The van der Waals surface area contributed by atoms with E-state index in [-0.39, 0.29) is 31.1 Å². The van der Waals surface area contributed by atoms with Gasteiger partial charge in [0.2, 0.25) is 0 Å². The van der Waals surface area contributed by atoms with Crippen molar-refractivity contribution in [3.8, 4) is 0 Å². The largest absolute Gasteiger partial charge is 0.462 e. The van der Waals surface area contributed by atoms with Gasteiger partial charge in [0, 0.05) is 19.3 Å². The van der Waals surface area contributed by atoms with E-state index < -0.39 is 6.10 Å². The molecule has 0 radical (unpaired) electrons. The van der Waals surface area contributed by atoms with E-state index in [1.54, 1.807) is 0 Å². The normalized spacial score (nSPS) is 12.8. The van der Waals surface area contributed by atoms with Crippen molar-refractivity contribution in [2.75, 3.05) is 13.2 Å². The van der Waals surface area contributed by atoms with E-state index in [1.807, 2.05) is 0 Å². The van der Waals surface area contributed by atoms with Crippen molar-refractivity contribution in [2.24, 2.45) is 0 Å². The first-order chi connectivity index (χ1) is 30.5. The minimum Gasteiger partial charge on any atom is -0.462 e. The van der Waals surface area contributed by atoms with Gasteiger partial charge in [0.25, 0.3) is 0 Å². The van der Waals surface area contributed by atoms with Gasteiger partial charge in [-0.05, 0) is 89.9 Å². The third-order valence-corrected chi connectivity index (χ3v) is 10.6. The van der Waals surface area contributed by atoms with E-state index >= 15 is 0 Å². The van der Waals surface area contributed by atoms with E-state index in [9.17, 15) is 14.4 Å². The molecule has 0 aromatic carbocycles. The maximum Gasteiger partial charge on any atom is 0.306 e. The van der Waals surface area contributed by atoms with Crippen molar-refractivity contribution in [1.82, 2.24) is 0 Å². The molecule has 6 heteroatoms. The SMILES string of the molecule is CC/C=C\C/C=C\C/C=C\C/C=C\CCCCC(=O)OCC(COC(=O)CCCCCCCCCCCCCCCC)OC(=O)CCCCCCC/C=C\C/C=C\C/C=C\CC. The Hall–Kier alpha value is -3.41. The van der Waals surface area contributed by atoms with Crippen LogP contribution in [0.4, 0.5) is 0 Å². The van der Waals surface area contributed by atoms with Crippen LogP contribution in [0.1, 0.15) is 233 Å². The summed E-state index contributed by atoms with van der Waals surface area (Å²) in [7, 11) is 0. The second kappa shape index (κ2) is 50.2. The highest BCUT2D eigenvalue weighted by Gasteiger charge is 2.19. The summed E-state index contributed by atoms with van der Waals surface area (Å²) in [5, 5.41) is 0. The van der Waals surface area contributed by atoms with Crippen LogP contribution in [0.25, 0.3) is 0 Å². The van der Waals surface area contributed by atoms with Crippen molar-refractivity contribution >= 4 is 17.9 Å². The predicted molar refractivity (Wildman–Crippen MR) is 265 cm³/mol. The van der Waals surface area contributed by atoms with Crippen LogP contribution >= 0.6 is 0 Å². The molecule has 0 aromatic heterocycles. The van der Waals surface area contributed by atoms with Crippen LogP contribution in [0.3, 0.4) is 0 Å². The Balaban J connectivity index is 4.48. The molecule has 354 valence electrons. The summed E-state index contributed by atoms with van der Waals surface area (Å²) in [6.07, 6.45) is 64.2. The average molecular weight is 863 g/mol. The lowest BCUT2D eigenvalue weighted by molar-refractivity contribution is -0.167. The van der Waals surface area contributed by atoms with Crippen LogP contribution in [0, 0.1) is 0 Å². The molecule has 0 aromatic rings. The molecule has 0 saturated carbocycles. The number of carbonyl (C=O) groups is 3. The standard InChI is InChI=1S/C56H94O6/c1-4-7-10-13-16-19-22-25-28-31-34-37-40-43-46-49-55(58)61-52-53(51-60-54(57)48-45-42-39-36-33-30-27-24-21-18-15-12-9-6-3)62-56(59)50-47-44-41-38-35-32-29-26-23-20-17-14-11-8-5-2/h7-8,10-11,16-17,19-20,25-26,28-29,34,37,53H,4-6,9,12-15,18,21-24,27,30-33,35-36,38-52H2,1-3H3/b10-7-,11-8-,19-16-,20-17-,28-25-,29-26-,37-34-. The Bertz CT molecular complexity index is 1220. The monoisotopic (exact) mass is 863 g/mol. The highest BCUT2D eigenvalue weighted by atomic mass is 16.6. The Kier molecular flexibility index (Phi) is 47.5. The molecule has 0 saturated heterocycles. The molecule has 6 nitrogen and oxygen atoms in total. The number of unbranched alkanes of at least 4 members (excludes halogenated alkanes) is 20. The zero-order valence-electron chi connectivity index (χ0n) is 40.4. The van der Waals surface area contributed by atoms with Gasteiger partial charge in [-0.25, -0.2) is 0 Å². The zero-order valence-corrected chi connectivity index (χ0v) is 40.4. The Morgan fingerprint density at radius 1 is 0.339 bits per heavy atom. The second-order valence-electron chi connectivity index (χ2n) is 16.7. The topological polar surface area (TPSA) is 78.9 Å². The van der Waals surface area contributed by atoms with Gasteiger partial charge in [-0.1, -0.05) is 209 Å². The van der Waals surface area contributed by atoms with Crippen LogP contribution in [0.2, 0.25) is 0 Å². The predicted octanol–water partition coefficient (Wildman–Crippen LogP) is 16.8. The third kappa shape index (κ3) is 47.6. The first-order valence-corrected chi connectivity index (χ1v) is 25.6. The molecule has 0 amide bonds. The fourth-order valence-electron chi connectivity index (χ4n) is 6.86. The van der Waals surface area contributed by atoms with Gasteiger partial charge < -0.3 is 14.2 Å². The van der Waals surface area contributed by atoms with E-state index in [2.05, 4.69) is 106 Å². The number of hydrogen-bond acceptors (Lipinski definition) is 6. The minimum atomic E-state index is -0.800. The Morgan fingerprint density at radius 3 is 1.02 bits per heavy atom. The van der Waals surface area contributed by atoms with Gasteiger partial charge in [0.15, 0.2) is 6.10 Å². The molecule has 0 rings (SSSR count). The number of ether oxygens (including phenoxy) is 3. The van der Waals surface area contributed by atoms with Gasteiger partial charge in [-0.2, -0.15) is 0 Å². The summed E-state index contributed by atoms with van der Waals surface area (Å²) in [5.74, 6) is -0.956. The molecule has 62 heavy (non-hydrogen) atoms. The maximum atomic E-state index is 12.8. The molecule has 0 heterocycles. The molecule has 1 unspecified atom stereocenters. The lowest BCUT2D eigenvalue weighted by Gasteiger charge is -2.18.